The summed E-state index contributed by atoms with van der Waals surface area (Å²) in [6.45, 7) is 7.16. The summed E-state index contributed by atoms with van der Waals surface area (Å²) in [5, 5.41) is 0. The molecule has 0 amide bonds. The molecule has 0 saturated heterocycles. The van der Waals surface area contributed by atoms with Crippen LogP contribution >= 0.6 is 0 Å². The first-order valence-corrected chi connectivity index (χ1v) is 12.6. The van der Waals surface area contributed by atoms with Crippen molar-refractivity contribution in [3.8, 4) is 34.1 Å². The second-order valence-electron chi connectivity index (χ2n) is 9.04. The largest absolute Gasteiger partial charge is 0.497 e. The summed E-state index contributed by atoms with van der Waals surface area (Å²) < 4.78 is 20.4. The summed E-state index contributed by atoms with van der Waals surface area (Å²) in [7, 11) is 6.65. The summed E-state index contributed by atoms with van der Waals surface area (Å²) in [5.41, 5.74) is 3.43. The van der Waals surface area contributed by atoms with Crippen molar-refractivity contribution < 1.29 is 28.5 Å². The highest BCUT2D eigenvalue weighted by Crippen LogP contribution is 2.24. The van der Waals surface area contributed by atoms with Crippen LogP contribution in [0.15, 0.2) is 66.7 Å². The lowest BCUT2D eigenvalue weighted by molar-refractivity contribution is -0.119. The van der Waals surface area contributed by atoms with Crippen molar-refractivity contribution in [3.63, 3.8) is 0 Å². The van der Waals surface area contributed by atoms with E-state index in [9.17, 15) is 9.59 Å². The number of benzene rings is 3. The maximum absolute atomic E-state index is 10.6. The van der Waals surface area contributed by atoms with E-state index in [1.165, 1.54) is 11.1 Å². The molecule has 0 aliphatic heterocycles. The van der Waals surface area contributed by atoms with E-state index in [0.29, 0.717) is 18.8 Å². The SMILES string of the molecule is C.C.CC(=O)CCC(C)CC(C)=O.COc1ccc(-c2ccc(OC)cc2)cc1.COc1ccc(OC)c(C)c1. The molecule has 0 fully saturated rings. The second kappa shape index (κ2) is 21.1. The van der Waals surface area contributed by atoms with Crippen molar-refractivity contribution in [2.24, 2.45) is 5.92 Å². The summed E-state index contributed by atoms with van der Waals surface area (Å²) >= 11 is 0. The number of carbonyl (C=O) groups excluding carboxylic acids is 2. The monoisotopic (exact) mass is 554 g/mol. The Morgan fingerprint density at radius 1 is 0.650 bits per heavy atom. The zero-order chi connectivity index (χ0) is 28.5. The van der Waals surface area contributed by atoms with Gasteiger partial charge in [0, 0.05) is 12.8 Å². The van der Waals surface area contributed by atoms with Gasteiger partial charge < -0.3 is 28.5 Å². The lowest BCUT2D eigenvalue weighted by Crippen LogP contribution is -2.03. The quantitative estimate of drug-likeness (QED) is 0.250. The van der Waals surface area contributed by atoms with Crippen LogP contribution in [0.4, 0.5) is 0 Å². The normalized spacial score (nSPS) is 10.0. The fourth-order valence-corrected chi connectivity index (χ4v) is 3.59. The van der Waals surface area contributed by atoms with Crippen molar-refractivity contribution in [2.45, 2.75) is 61.8 Å². The Hall–Kier alpha value is -3.80. The van der Waals surface area contributed by atoms with Gasteiger partial charge in [-0.1, -0.05) is 46.0 Å². The van der Waals surface area contributed by atoms with Crippen molar-refractivity contribution in [1.29, 1.82) is 0 Å². The van der Waals surface area contributed by atoms with Crippen LogP contribution in [0.5, 0.6) is 23.0 Å². The van der Waals surface area contributed by atoms with Crippen molar-refractivity contribution in [3.05, 3.63) is 72.3 Å². The molecular weight excluding hydrogens is 504 g/mol. The van der Waals surface area contributed by atoms with E-state index in [2.05, 4.69) is 0 Å². The number of ketones is 2. The minimum Gasteiger partial charge on any atom is -0.497 e. The summed E-state index contributed by atoms with van der Waals surface area (Å²) in [4.78, 5) is 21.2. The van der Waals surface area contributed by atoms with Gasteiger partial charge >= 0.3 is 0 Å². The first-order chi connectivity index (χ1) is 18.1. The molecule has 0 heterocycles. The summed E-state index contributed by atoms with van der Waals surface area (Å²) in [5.74, 6) is 4.28. The van der Waals surface area contributed by atoms with E-state index in [4.69, 9.17) is 18.9 Å². The number of Topliss-reactive ketones (excluding diaryl/α,β-unsaturated/α-hetero) is 2. The van der Waals surface area contributed by atoms with Gasteiger partial charge in [-0.05, 0) is 92.3 Å². The smallest absolute Gasteiger partial charge is 0.130 e. The predicted molar refractivity (Wildman–Crippen MR) is 167 cm³/mol. The fourth-order valence-electron chi connectivity index (χ4n) is 3.59. The molecule has 222 valence electrons. The molecule has 0 aliphatic carbocycles. The maximum atomic E-state index is 10.6. The summed E-state index contributed by atoms with van der Waals surface area (Å²) in [6.07, 6.45) is 2.05. The van der Waals surface area contributed by atoms with Crippen LogP contribution in [-0.2, 0) is 9.59 Å². The Bertz CT molecular complexity index is 1060. The predicted octanol–water partition coefficient (Wildman–Crippen LogP) is 8.63. The second-order valence-corrected chi connectivity index (χ2v) is 9.04. The number of rotatable bonds is 10. The van der Waals surface area contributed by atoms with Gasteiger partial charge in [0.2, 0.25) is 0 Å². The van der Waals surface area contributed by atoms with Crippen LogP contribution < -0.4 is 18.9 Å². The van der Waals surface area contributed by atoms with Crippen molar-refractivity contribution in [2.75, 3.05) is 28.4 Å². The van der Waals surface area contributed by atoms with Crippen LogP contribution in [0.1, 0.15) is 60.5 Å². The first-order valence-electron chi connectivity index (χ1n) is 12.6. The van der Waals surface area contributed by atoms with Gasteiger partial charge in [0.15, 0.2) is 0 Å². The highest BCUT2D eigenvalue weighted by atomic mass is 16.5. The Kier molecular flexibility index (Phi) is 20.2. The van der Waals surface area contributed by atoms with Crippen LogP contribution in [0.25, 0.3) is 11.1 Å². The number of hydrogen-bond donors (Lipinski definition) is 0. The van der Waals surface area contributed by atoms with Crippen molar-refractivity contribution in [1.82, 2.24) is 0 Å². The average molecular weight is 555 g/mol. The molecule has 6 nitrogen and oxygen atoms in total. The molecule has 0 spiro atoms. The van der Waals surface area contributed by atoms with Crippen LogP contribution in [0, 0.1) is 12.8 Å². The van der Waals surface area contributed by atoms with Crippen LogP contribution in [0.3, 0.4) is 0 Å². The maximum Gasteiger partial charge on any atom is 0.130 e. The topological polar surface area (TPSA) is 71.1 Å². The highest BCUT2D eigenvalue weighted by Gasteiger charge is 2.06. The molecule has 40 heavy (non-hydrogen) atoms. The lowest BCUT2D eigenvalue weighted by atomic mass is 9.99. The van der Waals surface area contributed by atoms with E-state index in [-0.39, 0.29) is 26.4 Å². The van der Waals surface area contributed by atoms with Crippen molar-refractivity contribution >= 4 is 11.6 Å². The molecule has 0 radical (unpaired) electrons. The minimum absolute atomic E-state index is 0. The van der Waals surface area contributed by atoms with Gasteiger partial charge in [-0.15, -0.1) is 0 Å². The van der Waals surface area contributed by atoms with Gasteiger partial charge in [0.05, 0.1) is 28.4 Å². The third-order valence-corrected chi connectivity index (χ3v) is 5.74. The molecule has 0 saturated carbocycles. The standard InChI is InChI=1S/C14H14O2.C9H12O2.C9H16O2.2CH4/c1-15-13-7-3-11(4-8-13)12-5-9-14(16-2)10-6-12;1-7-6-8(10-2)4-5-9(7)11-3;1-7(6-9(3)11)4-5-8(2)10;;/h3-10H,1-2H3;4-6H,1-3H3;7H,4-6H2,1-3H3;2*1H4. The molecule has 3 aromatic rings. The Labute approximate surface area is 242 Å². The van der Waals surface area contributed by atoms with E-state index >= 15 is 0 Å². The third-order valence-electron chi connectivity index (χ3n) is 5.74. The molecule has 3 aromatic carbocycles. The third kappa shape index (κ3) is 15.0. The number of carbonyl (C=O) groups is 2. The number of hydrogen-bond acceptors (Lipinski definition) is 6. The van der Waals surface area contributed by atoms with E-state index in [0.717, 1.165) is 35.0 Å². The molecule has 6 heteroatoms. The molecule has 0 aromatic heterocycles. The average Bonchev–Trinajstić information content (AvgIpc) is 2.92. The molecule has 1 atom stereocenters. The Morgan fingerprint density at radius 2 is 1.07 bits per heavy atom. The molecule has 3 rings (SSSR count). The highest BCUT2D eigenvalue weighted by molar-refractivity contribution is 5.76. The summed E-state index contributed by atoms with van der Waals surface area (Å²) in [6, 6.07) is 21.7. The molecule has 1 unspecified atom stereocenters. The number of methoxy groups -OCH3 is 4. The fraction of sp³-hybridized carbons (Fsp3) is 0.412. The lowest BCUT2D eigenvalue weighted by Gasteiger charge is -2.06. The van der Waals surface area contributed by atoms with Crippen LogP contribution in [-0.4, -0.2) is 40.0 Å². The van der Waals surface area contributed by atoms with Gasteiger partial charge in [-0.25, -0.2) is 0 Å². The van der Waals surface area contributed by atoms with E-state index < -0.39 is 0 Å². The van der Waals surface area contributed by atoms with Gasteiger partial charge in [0.25, 0.3) is 0 Å². The molecule has 0 bridgehead atoms. The molecular formula is C34H50O6. The first kappa shape index (κ1) is 38.3. The van der Waals surface area contributed by atoms with Gasteiger partial charge in [-0.2, -0.15) is 0 Å². The number of aryl methyl sites for hydroxylation is 1. The number of ether oxygens (including phenoxy) is 4. The molecule has 0 aliphatic rings. The van der Waals surface area contributed by atoms with E-state index in [1.54, 1.807) is 42.3 Å². The van der Waals surface area contributed by atoms with Crippen LogP contribution in [0.2, 0.25) is 0 Å². The Balaban J connectivity index is 0. The van der Waals surface area contributed by atoms with Gasteiger partial charge in [-0.3, -0.25) is 0 Å². The van der Waals surface area contributed by atoms with E-state index in [1.807, 2.05) is 80.6 Å². The minimum atomic E-state index is 0. The zero-order valence-corrected chi connectivity index (χ0v) is 24.0. The zero-order valence-electron chi connectivity index (χ0n) is 24.0. The van der Waals surface area contributed by atoms with Gasteiger partial charge in [0.1, 0.15) is 34.6 Å². The Morgan fingerprint density at radius 3 is 1.40 bits per heavy atom. The molecule has 0 N–H and O–H groups in total.